The van der Waals surface area contributed by atoms with Gasteiger partial charge in [0.2, 0.25) is 5.76 Å². The summed E-state index contributed by atoms with van der Waals surface area (Å²) in [5.74, 6) is -0.313. The summed E-state index contributed by atoms with van der Waals surface area (Å²) >= 11 is 7.49. The van der Waals surface area contributed by atoms with Crippen LogP contribution in [0.2, 0.25) is 5.02 Å². The van der Waals surface area contributed by atoms with Gasteiger partial charge in [0.05, 0.1) is 27.2 Å². The van der Waals surface area contributed by atoms with E-state index in [2.05, 4.69) is 4.98 Å². The lowest BCUT2D eigenvalue weighted by Gasteiger charge is -2.22. The largest absolute Gasteiger partial charge is 0.450 e. The van der Waals surface area contributed by atoms with Crippen LogP contribution in [0.4, 0.5) is 5.13 Å². The summed E-state index contributed by atoms with van der Waals surface area (Å²) in [6.07, 6.45) is 0. The van der Waals surface area contributed by atoms with Crippen molar-refractivity contribution in [3.8, 4) is 0 Å². The Balaban J connectivity index is 1.64. The molecule has 2 aromatic heterocycles. The second-order valence-corrected chi connectivity index (χ2v) is 8.71. The summed E-state index contributed by atoms with van der Waals surface area (Å²) in [6, 6.07) is 21.2. The van der Waals surface area contributed by atoms with Crippen LogP contribution in [0.3, 0.4) is 0 Å². The predicted octanol–water partition coefficient (Wildman–Crippen LogP) is 5.81. The normalized spacial score (nSPS) is 15.7. The van der Waals surface area contributed by atoms with Crippen molar-refractivity contribution in [1.82, 2.24) is 4.98 Å². The van der Waals surface area contributed by atoms with Gasteiger partial charge in [0, 0.05) is 5.02 Å². The van der Waals surface area contributed by atoms with Crippen molar-refractivity contribution in [1.29, 1.82) is 0 Å². The van der Waals surface area contributed by atoms with Crippen LogP contribution in [-0.2, 0) is 0 Å². The molecule has 5 aromatic rings. The van der Waals surface area contributed by atoms with Crippen molar-refractivity contribution < 1.29 is 9.21 Å². The lowest BCUT2D eigenvalue weighted by molar-refractivity contribution is 0.0971. The van der Waals surface area contributed by atoms with E-state index in [4.69, 9.17) is 16.0 Å². The van der Waals surface area contributed by atoms with Gasteiger partial charge in [-0.05, 0) is 35.9 Å². The van der Waals surface area contributed by atoms with Gasteiger partial charge in [-0.3, -0.25) is 14.5 Å². The Labute approximate surface area is 185 Å². The molecule has 31 heavy (non-hydrogen) atoms. The number of hydrogen-bond acceptors (Lipinski definition) is 5. The Kier molecular flexibility index (Phi) is 4.00. The molecule has 0 unspecified atom stereocenters. The molecule has 150 valence electrons. The molecule has 7 heteroatoms. The highest BCUT2D eigenvalue weighted by Crippen LogP contribution is 2.43. The molecule has 0 saturated carbocycles. The lowest BCUT2D eigenvalue weighted by atomic mass is 9.99. The Morgan fingerprint density at radius 2 is 1.74 bits per heavy atom. The molecule has 0 aliphatic carbocycles. The minimum atomic E-state index is -0.624. The third kappa shape index (κ3) is 2.72. The molecule has 3 aromatic carbocycles. The number of carbonyl (C=O) groups is 1. The quantitative estimate of drug-likeness (QED) is 0.345. The Hall–Kier alpha value is -3.48. The third-order valence-corrected chi connectivity index (χ3v) is 6.69. The molecule has 6 rings (SSSR count). The van der Waals surface area contributed by atoms with E-state index in [0.717, 1.165) is 15.8 Å². The molecule has 0 fully saturated rings. The van der Waals surface area contributed by atoms with Crippen LogP contribution in [0.1, 0.15) is 27.7 Å². The molecule has 0 spiro atoms. The number of amides is 1. The minimum absolute atomic E-state index is 0.0647. The first-order valence-corrected chi connectivity index (χ1v) is 10.8. The number of halogens is 1. The van der Waals surface area contributed by atoms with Crippen LogP contribution in [0.5, 0.6) is 0 Å². The molecule has 0 saturated heterocycles. The second kappa shape index (κ2) is 6.77. The van der Waals surface area contributed by atoms with Gasteiger partial charge in [-0.25, -0.2) is 4.98 Å². The number of benzene rings is 3. The van der Waals surface area contributed by atoms with E-state index in [1.165, 1.54) is 11.3 Å². The molecule has 1 aliphatic heterocycles. The fraction of sp³-hybridized carbons (Fsp3) is 0.0417. The van der Waals surface area contributed by atoms with Crippen molar-refractivity contribution in [3.05, 3.63) is 105 Å². The monoisotopic (exact) mass is 444 g/mol. The molecule has 1 aliphatic rings. The van der Waals surface area contributed by atoms with Gasteiger partial charge in [0.1, 0.15) is 5.58 Å². The summed E-state index contributed by atoms with van der Waals surface area (Å²) in [6.45, 7) is 0. The van der Waals surface area contributed by atoms with Crippen LogP contribution in [0.15, 0.2) is 82.0 Å². The third-order valence-electron chi connectivity index (χ3n) is 5.44. The maximum atomic E-state index is 13.6. The number of aromatic nitrogens is 1. The number of rotatable bonds is 2. The van der Waals surface area contributed by atoms with E-state index in [1.54, 1.807) is 35.2 Å². The highest BCUT2D eigenvalue weighted by atomic mass is 35.5. The van der Waals surface area contributed by atoms with Crippen LogP contribution in [0.25, 0.3) is 21.2 Å². The van der Waals surface area contributed by atoms with Crippen molar-refractivity contribution in [2.24, 2.45) is 0 Å². The number of thiazole rings is 1. The molecular formula is C24H13ClN2O3S. The topological polar surface area (TPSA) is 63.4 Å². The summed E-state index contributed by atoms with van der Waals surface area (Å²) in [5.41, 5.74) is 2.08. The molecule has 0 N–H and O–H groups in total. The first-order chi connectivity index (χ1) is 15.1. The Morgan fingerprint density at radius 1 is 0.968 bits per heavy atom. The molecule has 0 radical (unpaired) electrons. The van der Waals surface area contributed by atoms with Gasteiger partial charge in [0.25, 0.3) is 5.91 Å². The zero-order chi connectivity index (χ0) is 21.1. The fourth-order valence-electron chi connectivity index (χ4n) is 4.06. The van der Waals surface area contributed by atoms with Crippen LogP contribution in [0, 0.1) is 0 Å². The standard InChI is InChI=1S/C24H13ClN2O3S/c25-14-10-11-16-18(12-14)31-24(26-16)27-20(13-6-2-1-3-7-13)19-21(28)15-8-4-5-9-17(15)30-22(19)23(27)29/h1-12,20H/t20-/m1/s1. The predicted molar refractivity (Wildman–Crippen MR) is 122 cm³/mol. The molecule has 1 atom stereocenters. The van der Waals surface area contributed by atoms with Gasteiger partial charge in [-0.2, -0.15) is 0 Å². The van der Waals surface area contributed by atoms with E-state index >= 15 is 0 Å². The molecular weight excluding hydrogens is 432 g/mol. The second-order valence-electron chi connectivity index (χ2n) is 7.27. The van der Waals surface area contributed by atoms with E-state index in [9.17, 15) is 9.59 Å². The van der Waals surface area contributed by atoms with E-state index < -0.39 is 6.04 Å². The lowest BCUT2D eigenvalue weighted by Crippen LogP contribution is -2.29. The number of carbonyl (C=O) groups excluding carboxylic acids is 1. The summed E-state index contributed by atoms with van der Waals surface area (Å²) in [5, 5.41) is 1.54. The fourth-order valence-corrected chi connectivity index (χ4v) is 5.33. The highest BCUT2D eigenvalue weighted by Gasteiger charge is 2.44. The minimum Gasteiger partial charge on any atom is -0.450 e. The number of hydrogen-bond donors (Lipinski definition) is 0. The van der Waals surface area contributed by atoms with Crippen molar-refractivity contribution in [3.63, 3.8) is 0 Å². The number of nitrogens with zero attached hydrogens (tertiary/aromatic N) is 2. The van der Waals surface area contributed by atoms with Gasteiger partial charge in [-0.15, -0.1) is 0 Å². The molecule has 1 amide bonds. The average Bonchev–Trinajstić information content (AvgIpc) is 3.33. The van der Waals surface area contributed by atoms with Crippen LogP contribution in [-0.4, -0.2) is 10.9 Å². The van der Waals surface area contributed by atoms with Crippen LogP contribution >= 0.6 is 22.9 Å². The maximum absolute atomic E-state index is 13.6. The van der Waals surface area contributed by atoms with Gasteiger partial charge in [-0.1, -0.05) is 65.4 Å². The molecule has 3 heterocycles. The van der Waals surface area contributed by atoms with Gasteiger partial charge < -0.3 is 4.42 Å². The SMILES string of the molecule is O=C1c2oc3ccccc3c(=O)c2[C@@H](c2ccccc2)N1c1nc2ccc(Cl)cc2s1. The highest BCUT2D eigenvalue weighted by molar-refractivity contribution is 7.22. The summed E-state index contributed by atoms with van der Waals surface area (Å²) < 4.78 is 6.82. The molecule has 5 nitrogen and oxygen atoms in total. The number of para-hydroxylation sites is 1. The molecule has 0 bridgehead atoms. The van der Waals surface area contributed by atoms with Gasteiger partial charge in [0.15, 0.2) is 10.6 Å². The van der Waals surface area contributed by atoms with E-state index in [-0.39, 0.29) is 17.1 Å². The first-order valence-electron chi connectivity index (χ1n) is 9.62. The number of anilines is 1. The zero-order valence-corrected chi connectivity index (χ0v) is 17.5. The Bertz CT molecular complexity index is 1560. The Morgan fingerprint density at radius 3 is 2.58 bits per heavy atom. The summed E-state index contributed by atoms with van der Waals surface area (Å²) in [7, 11) is 0. The van der Waals surface area contributed by atoms with Crippen LogP contribution < -0.4 is 10.3 Å². The van der Waals surface area contributed by atoms with Crippen molar-refractivity contribution in [2.45, 2.75) is 6.04 Å². The van der Waals surface area contributed by atoms with Crippen molar-refractivity contribution in [2.75, 3.05) is 4.90 Å². The zero-order valence-electron chi connectivity index (χ0n) is 15.9. The van der Waals surface area contributed by atoms with Crippen molar-refractivity contribution >= 4 is 55.2 Å². The number of fused-ring (bicyclic) bond motifs is 3. The van der Waals surface area contributed by atoms with Gasteiger partial charge >= 0.3 is 0 Å². The maximum Gasteiger partial charge on any atom is 0.297 e. The average molecular weight is 445 g/mol. The van der Waals surface area contributed by atoms with E-state index in [0.29, 0.717) is 26.7 Å². The smallest absolute Gasteiger partial charge is 0.297 e. The first kappa shape index (κ1) is 18.3. The summed E-state index contributed by atoms with van der Waals surface area (Å²) in [4.78, 5) is 33.2. The van der Waals surface area contributed by atoms with E-state index in [1.807, 2.05) is 42.5 Å².